The molecule has 4 amide bonds. The third kappa shape index (κ3) is 4.88. The van der Waals surface area contributed by atoms with E-state index in [1.807, 2.05) is 13.8 Å². The van der Waals surface area contributed by atoms with Crippen molar-refractivity contribution in [3.8, 4) is 11.5 Å². The van der Waals surface area contributed by atoms with Crippen LogP contribution in [-0.4, -0.2) is 31.1 Å². The Balaban J connectivity index is 2.00. The second-order valence-corrected chi connectivity index (χ2v) is 7.31. The van der Waals surface area contributed by atoms with Gasteiger partial charge in [-0.15, -0.1) is 0 Å². The Morgan fingerprint density at radius 2 is 1.81 bits per heavy atom. The lowest BCUT2D eigenvalue weighted by atomic mass is 10.1. The number of barbiturate groups is 1. The van der Waals surface area contributed by atoms with Crippen LogP contribution in [0.5, 0.6) is 11.5 Å². The van der Waals surface area contributed by atoms with Crippen LogP contribution in [0.2, 0.25) is 5.02 Å². The van der Waals surface area contributed by atoms with Gasteiger partial charge in [-0.3, -0.25) is 14.9 Å². The highest BCUT2D eigenvalue weighted by Crippen LogP contribution is 2.31. The molecule has 31 heavy (non-hydrogen) atoms. The summed E-state index contributed by atoms with van der Waals surface area (Å²) >= 11 is 6.05. The summed E-state index contributed by atoms with van der Waals surface area (Å²) in [6.07, 6.45) is 2.27. The van der Waals surface area contributed by atoms with E-state index < -0.39 is 17.8 Å². The Morgan fingerprint density at radius 3 is 2.52 bits per heavy atom. The average molecular weight is 443 g/mol. The van der Waals surface area contributed by atoms with Crippen LogP contribution in [-0.2, 0) is 9.59 Å². The Labute approximate surface area is 185 Å². The summed E-state index contributed by atoms with van der Waals surface area (Å²) in [5, 5.41) is 2.58. The van der Waals surface area contributed by atoms with Crippen molar-refractivity contribution in [1.82, 2.24) is 5.32 Å². The van der Waals surface area contributed by atoms with Crippen LogP contribution < -0.4 is 19.7 Å². The average Bonchev–Trinajstić information content (AvgIpc) is 2.73. The van der Waals surface area contributed by atoms with Gasteiger partial charge >= 0.3 is 6.03 Å². The number of nitrogens with one attached hydrogen (secondary N) is 1. The SMILES string of the molecule is CCCOc1ccc(/C=C2\C(=O)NC(=O)N(c3cc(Cl)ccc3C)C2=O)cc1OCC. The van der Waals surface area contributed by atoms with Gasteiger partial charge in [0, 0.05) is 5.02 Å². The lowest BCUT2D eigenvalue weighted by molar-refractivity contribution is -0.122. The molecule has 0 aromatic heterocycles. The smallest absolute Gasteiger partial charge is 0.335 e. The first-order chi connectivity index (χ1) is 14.8. The summed E-state index contributed by atoms with van der Waals surface area (Å²) in [4.78, 5) is 38.9. The van der Waals surface area contributed by atoms with Crippen molar-refractivity contribution in [2.75, 3.05) is 18.1 Å². The fourth-order valence-electron chi connectivity index (χ4n) is 3.08. The number of anilines is 1. The molecule has 0 radical (unpaired) electrons. The number of carbonyl (C=O) groups is 3. The number of amides is 4. The molecule has 0 spiro atoms. The molecule has 2 aromatic rings. The van der Waals surface area contributed by atoms with Gasteiger partial charge in [0.15, 0.2) is 11.5 Å². The van der Waals surface area contributed by atoms with E-state index >= 15 is 0 Å². The summed E-state index contributed by atoms with van der Waals surface area (Å²) in [6.45, 7) is 6.57. The zero-order chi connectivity index (χ0) is 22.5. The number of rotatable bonds is 7. The minimum Gasteiger partial charge on any atom is -0.490 e. The van der Waals surface area contributed by atoms with E-state index in [4.69, 9.17) is 21.1 Å². The predicted octanol–water partition coefficient (Wildman–Crippen LogP) is 4.50. The fourth-order valence-corrected chi connectivity index (χ4v) is 3.25. The Hall–Kier alpha value is -3.32. The third-order valence-electron chi connectivity index (χ3n) is 4.55. The van der Waals surface area contributed by atoms with Crippen molar-refractivity contribution in [3.63, 3.8) is 0 Å². The molecule has 0 saturated carbocycles. The van der Waals surface area contributed by atoms with Gasteiger partial charge < -0.3 is 9.47 Å². The lowest BCUT2D eigenvalue weighted by Crippen LogP contribution is -2.54. The normalized spacial score (nSPS) is 15.3. The van der Waals surface area contributed by atoms with Gasteiger partial charge in [0.05, 0.1) is 18.9 Å². The Bertz CT molecular complexity index is 1060. The molecule has 162 valence electrons. The van der Waals surface area contributed by atoms with Crippen molar-refractivity contribution in [2.45, 2.75) is 27.2 Å². The number of carbonyl (C=O) groups excluding carboxylic acids is 3. The van der Waals surface area contributed by atoms with E-state index in [9.17, 15) is 14.4 Å². The van der Waals surface area contributed by atoms with Gasteiger partial charge in [-0.1, -0.05) is 30.7 Å². The first-order valence-electron chi connectivity index (χ1n) is 9.93. The minimum atomic E-state index is -0.823. The Morgan fingerprint density at radius 1 is 1.03 bits per heavy atom. The number of hydrogen-bond acceptors (Lipinski definition) is 5. The topological polar surface area (TPSA) is 84.9 Å². The van der Waals surface area contributed by atoms with Crippen LogP contribution in [0.3, 0.4) is 0 Å². The van der Waals surface area contributed by atoms with E-state index in [0.29, 0.717) is 46.5 Å². The van der Waals surface area contributed by atoms with Gasteiger partial charge in [-0.2, -0.15) is 0 Å². The zero-order valence-electron chi connectivity index (χ0n) is 17.5. The second kappa shape index (κ2) is 9.66. The first kappa shape index (κ1) is 22.4. The molecule has 2 aromatic carbocycles. The number of imide groups is 2. The molecular formula is C23H23ClN2O5. The number of ether oxygens (including phenoxy) is 2. The molecule has 0 atom stereocenters. The highest BCUT2D eigenvalue weighted by molar-refractivity contribution is 6.39. The minimum absolute atomic E-state index is 0.177. The maximum atomic E-state index is 13.1. The van der Waals surface area contributed by atoms with Crippen LogP contribution in [0.1, 0.15) is 31.4 Å². The van der Waals surface area contributed by atoms with Crippen molar-refractivity contribution >= 4 is 41.2 Å². The van der Waals surface area contributed by atoms with Crippen molar-refractivity contribution < 1.29 is 23.9 Å². The maximum absolute atomic E-state index is 13.1. The number of hydrogen-bond donors (Lipinski definition) is 1. The number of aryl methyl sites for hydroxylation is 1. The van der Waals surface area contributed by atoms with Crippen molar-refractivity contribution in [3.05, 3.63) is 58.1 Å². The maximum Gasteiger partial charge on any atom is 0.335 e. The van der Waals surface area contributed by atoms with Gasteiger partial charge in [0.2, 0.25) is 0 Å². The van der Waals surface area contributed by atoms with Gasteiger partial charge in [-0.05, 0) is 61.7 Å². The van der Waals surface area contributed by atoms with E-state index in [1.165, 1.54) is 12.1 Å². The standard InChI is InChI=1S/C23H23ClN2O5/c1-4-10-31-19-9-7-15(12-20(19)30-5-2)11-17-21(27)25-23(29)26(22(17)28)18-13-16(24)8-6-14(18)3/h6-9,11-13H,4-5,10H2,1-3H3,(H,25,27,29)/b17-11+. The third-order valence-corrected chi connectivity index (χ3v) is 4.79. The highest BCUT2D eigenvalue weighted by Gasteiger charge is 2.37. The monoisotopic (exact) mass is 442 g/mol. The summed E-state index contributed by atoms with van der Waals surface area (Å²) in [5.74, 6) is -0.414. The van der Waals surface area contributed by atoms with E-state index in [1.54, 1.807) is 37.3 Å². The molecule has 1 fully saturated rings. The highest BCUT2D eigenvalue weighted by atomic mass is 35.5. The second-order valence-electron chi connectivity index (χ2n) is 6.88. The summed E-state index contributed by atoms with van der Waals surface area (Å²) < 4.78 is 11.3. The van der Waals surface area contributed by atoms with Crippen LogP contribution >= 0.6 is 11.6 Å². The molecular weight excluding hydrogens is 420 g/mol. The van der Waals surface area contributed by atoms with Crippen LogP contribution in [0.4, 0.5) is 10.5 Å². The number of nitrogens with zero attached hydrogens (tertiary/aromatic N) is 1. The van der Waals surface area contributed by atoms with Gasteiger partial charge in [0.1, 0.15) is 5.57 Å². The van der Waals surface area contributed by atoms with Gasteiger partial charge in [-0.25, -0.2) is 9.69 Å². The van der Waals surface area contributed by atoms with Crippen LogP contribution in [0.15, 0.2) is 42.0 Å². The molecule has 1 aliphatic heterocycles. The predicted molar refractivity (Wildman–Crippen MR) is 119 cm³/mol. The first-order valence-corrected chi connectivity index (χ1v) is 10.3. The number of halogens is 1. The largest absolute Gasteiger partial charge is 0.490 e. The molecule has 1 heterocycles. The summed E-state index contributed by atoms with van der Waals surface area (Å²) in [6, 6.07) is 9.17. The number of urea groups is 1. The lowest BCUT2D eigenvalue weighted by Gasteiger charge is -2.27. The van der Waals surface area contributed by atoms with Crippen LogP contribution in [0.25, 0.3) is 6.08 Å². The quantitative estimate of drug-likeness (QED) is 0.504. The zero-order valence-corrected chi connectivity index (χ0v) is 18.3. The fraction of sp³-hybridized carbons (Fsp3) is 0.261. The van der Waals surface area contributed by atoms with Crippen molar-refractivity contribution in [1.29, 1.82) is 0 Å². The van der Waals surface area contributed by atoms with E-state index in [2.05, 4.69) is 5.32 Å². The summed E-state index contributed by atoms with van der Waals surface area (Å²) in [5.41, 5.74) is 1.36. The number of benzene rings is 2. The molecule has 0 bridgehead atoms. The molecule has 1 N–H and O–H groups in total. The molecule has 3 rings (SSSR count). The van der Waals surface area contributed by atoms with E-state index in [-0.39, 0.29) is 5.57 Å². The Kier molecular flexibility index (Phi) is 6.97. The van der Waals surface area contributed by atoms with Crippen LogP contribution in [0, 0.1) is 6.92 Å². The molecule has 7 nitrogen and oxygen atoms in total. The van der Waals surface area contributed by atoms with E-state index in [0.717, 1.165) is 11.3 Å². The molecule has 0 aliphatic carbocycles. The summed E-state index contributed by atoms with van der Waals surface area (Å²) in [7, 11) is 0. The molecule has 0 unspecified atom stereocenters. The van der Waals surface area contributed by atoms with Gasteiger partial charge in [0.25, 0.3) is 11.8 Å². The molecule has 1 aliphatic rings. The van der Waals surface area contributed by atoms with Crippen molar-refractivity contribution in [2.24, 2.45) is 0 Å². The molecule has 1 saturated heterocycles. The molecule has 8 heteroatoms.